The second kappa shape index (κ2) is 7.48. The van der Waals surface area contributed by atoms with Gasteiger partial charge < -0.3 is 14.4 Å². The Morgan fingerprint density at radius 2 is 2.13 bits per heavy atom. The van der Waals surface area contributed by atoms with Crippen LogP contribution in [0, 0.1) is 6.92 Å². The monoisotopic (exact) mass is 314 g/mol. The number of nitrogens with zero attached hydrogens (tertiary/aromatic N) is 4. The third-order valence-corrected chi connectivity index (χ3v) is 3.96. The fourth-order valence-corrected chi connectivity index (χ4v) is 2.78. The van der Waals surface area contributed by atoms with Gasteiger partial charge in [0, 0.05) is 50.0 Å². The average Bonchev–Trinajstić information content (AvgIpc) is 2.60. The molecule has 3 rings (SSSR count). The largest absolute Gasteiger partial charge is 0.385 e. The summed E-state index contributed by atoms with van der Waals surface area (Å²) in [5, 5.41) is 0. The van der Waals surface area contributed by atoms with Crippen molar-refractivity contribution in [3.63, 3.8) is 0 Å². The molecular weight excluding hydrogens is 292 g/mol. The first-order valence-corrected chi connectivity index (χ1v) is 7.87. The number of rotatable bonds is 5. The van der Waals surface area contributed by atoms with E-state index in [0.717, 1.165) is 42.5 Å². The molecule has 3 heterocycles. The van der Waals surface area contributed by atoms with Gasteiger partial charge in [-0.1, -0.05) is 0 Å². The van der Waals surface area contributed by atoms with Gasteiger partial charge in [0.25, 0.3) is 0 Å². The van der Waals surface area contributed by atoms with Gasteiger partial charge in [0.15, 0.2) is 5.82 Å². The Balaban J connectivity index is 1.90. The van der Waals surface area contributed by atoms with E-state index < -0.39 is 0 Å². The van der Waals surface area contributed by atoms with E-state index in [-0.39, 0.29) is 6.04 Å². The first kappa shape index (κ1) is 15.8. The first-order valence-electron chi connectivity index (χ1n) is 7.87. The molecule has 1 atom stereocenters. The van der Waals surface area contributed by atoms with Crippen molar-refractivity contribution in [2.45, 2.75) is 19.4 Å². The molecule has 0 bridgehead atoms. The lowest BCUT2D eigenvalue weighted by Crippen LogP contribution is -2.46. The topological polar surface area (TPSA) is 60.4 Å². The number of pyridine rings is 1. The molecule has 0 saturated carbocycles. The second-order valence-corrected chi connectivity index (χ2v) is 5.63. The zero-order chi connectivity index (χ0) is 16.1. The Bertz CT molecular complexity index is 636. The van der Waals surface area contributed by atoms with Crippen molar-refractivity contribution >= 4 is 5.82 Å². The molecule has 0 radical (unpaired) electrons. The van der Waals surface area contributed by atoms with Gasteiger partial charge in [-0.15, -0.1) is 0 Å². The lowest BCUT2D eigenvalue weighted by Gasteiger charge is -2.36. The van der Waals surface area contributed by atoms with Gasteiger partial charge in [0.05, 0.1) is 19.3 Å². The molecule has 0 spiro atoms. The van der Waals surface area contributed by atoms with Gasteiger partial charge in [-0.3, -0.25) is 4.98 Å². The predicted octanol–water partition coefficient (Wildman–Crippen LogP) is 2.09. The Morgan fingerprint density at radius 1 is 1.30 bits per heavy atom. The molecule has 0 N–H and O–H groups in total. The van der Waals surface area contributed by atoms with E-state index in [2.05, 4.69) is 14.9 Å². The standard InChI is InChI=1S/C17H22N4O2/c1-13-11-16(20-17(19-13)14-3-6-18-7-4-14)21-8-10-23-12-15(21)5-9-22-2/h3-4,6-7,11,15H,5,8-10,12H2,1-2H3. The highest BCUT2D eigenvalue weighted by Crippen LogP contribution is 2.23. The van der Waals surface area contributed by atoms with E-state index in [1.54, 1.807) is 19.5 Å². The van der Waals surface area contributed by atoms with Crippen LogP contribution < -0.4 is 4.90 Å². The molecule has 122 valence electrons. The van der Waals surface area contributed by atoms with Crippen LogP contribution in [0.3, 0.4) is 0 Å². The first-order chi connectivity index (χ1) is 11.3. The number of hydrogen-bond donors (Lipinski definition) is 0. The fraction of sp³-hybridized carbons (Fsp3) is 0.471. The van der Waals surface area contributed by atoms with Crippen LogP contribution in [0.1, 0.15) is 12.1 Å². The highest BCUT2D eigenvalue weighted by Gasteiger charge is 2.24. The summed E-state index contributed by atoms with van der Waals surface area (Å²) < 4.78 is 10.9. The summed E-state index contributed by atoms with van der Waals surface area (Å²) >= 11 is 0. The number of methoxy groups -OCH3 is 1. The third-order valence-electron chi connectivity index (χ3n) is 3.96. The van der Waals surface area contributed by atoms with Crippen molar-refractivity contribution in [2.24, 2.45) is 0 Å². The summed E-state index contributed by atoms with van der Waals surface area (Å²) in [6.07, 6.45) is 4.44. The van der Waals surface area contributed by atoms with E-state index in [0.29, 0.717) is 13.2 Å². The van der Waals surface area contributed by atoms with Crippen molar-refractivity contribution in [1.29, 1.82) is 0 Å². The molecule has 0 aromatic carbocycles. The Hall–Kier alpha value is -2.05. The van der Waals surface area contributed by atoms with Gasteiger partial charge in [0.1, 0.15) is 5.82 Å². The maximum Gasteiger partial charge on any atom is 0.161 e. The number of hydrogen-bond acceptors (Lipinski definition) is 6. The number of ether oxygens (including phenoxy) is 2. The highest BCUT2D eigenvalue weighted by atomic mass is 16.5. The van der Waals surface area contributed by atoms with Crippen LogP contribution >= 0.6 is 0 Å². The zero-order valence-electron chi connectivity index (χ0n) is 13.6. The number of aromatic nitrogens is 3. The van der Waals surface area contributed by atoms with E-state index in [4.69, 9.17) is 14.5 Å². The minimum Gasteiger partial charge on any atom is -0.385 e. The van der Waals surface area contributed by atoms with Crippen LogP contribution in [-0.4, -0.2) is 54.5 Å². The van der Waals surface area contributed by atoms with Crippen LogP contribution in [0.25, 0.3) is 11.4 Å². The van der Waals surface area contributed by atoms with Crippen LogP contribution in [0.2, 0.25) is 0 Å². The zero-order valence-corrected chi connectivity index (χ0v) is 13.6. The maximum absolute atomic E-state index is 5.63. The van der Waals surface area contributed by atoms with Crippen molar-refractivity contribution in [1.82, 2.24) is 15.0 Å². The van der Waals surface area contributed by atoms with Gasteiger partial charge in [-0.05, 0) is 25.5 Å². The summed E-state index contributed by atoms with van der Waals surface area (Å²) in [6, 6.07) is 6.18. The average molecular weight is 314 g/mol. The summed E-state index contributed by atoms with van der Waals surface area (Å²) in [5.74, 6) is 1.69. The van der Waals surface area contributed by atoms with Gasteiger partial charge in [-0.25, -0.2) is 9.97 Å². The van der Waals surface area contributed by atoms with Gasteiger partial charge in [-0.2, -0.15) is 0 Å². The molecule has 1 aliphatic heterocycles. The van der Waals surface area contributed by atoms with E-state index in [1.807, 2.05) is 25.1 Å². The minimum absolute atomic E-state index is 0.281. The van der Waals surface area contributed by atoms with E-state index in [9.17, 15) is 0 Å². The Kier molecular flexibility index (Phi) is 5.15. The number of anilines is 1. The van der Waals surface area contributed by atoms with Crippen LogP contribution in [-0.2, 0) is 9.47 Å². The Labute approximate surface area is 136 Å². The van der Waals surface area contributed by atoms with Crippen molar-refractivity contribution in [3.05, 3.63) is 36.3 Å². The van der Waals surface area contributed by atoms with Crippen molar-refractivity contribution in [3.8, 4) is 11.4 Å². The predicted molar refractivity (Wildman–Crippen MR) is 88.4 cm³/mol. The molecule has 1 aliphatic rings. The molecule has 1 fully saturated rings. The molecule has 1 saturated heterocycles. The smallest absolute Gasteiger partial charge is 0.161 e. The van der Waals surface area contributed by atoms with Crippen LogP contribution in [0.4, 0.5) is 5.82 Å². The van der Waals surface area contributed by atoms with E-state index in [1.165, 1.54) is 0 Å². The highest BCUT2D eigenvalue weighted by molar-refractivity contribution is 5.57. The fourth-order valence-electron chi connectivity index (χ4n) is 2.78. The molecular formula is C17H22N4O2. The lowest BCUT2D eigenvalue weighted by atomic mass is 10.1. The lowest BCUT2D eigenvalue weighted by molar-refractivity contribution is 0.0794. The van der Waals surface area contributed by atoms with Gasteiger partial charge >= 0.3 is 0 Å². The number of morpholine rings is 1. The van der Waals surface area contributed by atoms with Gasteiger partial charge in [0.2, 0.25) is 0 Å². The molecule has 23 heavy (non-hydrogen) atoms. The summed E-state index contributed by atoms with van der Waals surface area (Å²) in [6.45, 7) is 4.97. The molecule has 6 nitrogen and oxygen atoms in total. The molecule has 2 aromatic rings. The second-order valence-electron chi connectivity index (χ2n) is 5.63. The molecule has 0 aliphatic carbocycles. The van der Waals surface area contributed by atoms with Crippen molar-refractivity contribution in [2.75, 3.05) is 38.4 Å². The molecule has 6 heteroatoms. The third kappa shape index (κ3) is 3.83. The van der Waals surface area contributed by atoms with E-state index >= 15 is 0 Å². The summed E-state index contributed by atoms with van der Waals surface area (Å²) in [4.78, 5) is 15.7. The minimum atomic E-state index is 0.281. The van der Waals surface area contributed by atoms with Crippen LogP contribution in [0.5, 0.6) is 0 Å². The molecule has 2 aromatic heterocycles. The summed E-state index contributed by atoms with van der Waals surface area (Å²) in [5.41, 5.74) is 1.94. The van der Waals surface area contributed by atoms with Crippen LogP contribution in [0.15, 0.2) is 30.6 Å². The molecule has 1 unspecified atom stereocenters. The normalized spacial score (nSPS) is 18.2. The summed E-state index contributed by atoms with van der Waals surface area (Å²) in [7, 11) is 1.73. The quantitative estimate of drug-likeness (QED) is 0.842. The molecule has 0 amide bonds. The van der Waals surface area contributed by atoms with Crippen molar-refractivity contribution < 1.29 is 9.47 Å². The SMILES string of the molecule is COCCC1COCCN1c1cc(C)nc(-c2ccncc2)n1. The number of aryl methyl sites for hydroxylation is 1. The maximum atomic E-state index is 5.63. The Morgan fingerprint density at radius 3 is 2.91 bits per heavy atom.